The molecule has 2 amide bonds. The van der Waals surface area contributed by atoms with Crippen LogP contribution in [0.15, 0.2) is 47.3 Å². The molecule has 1 aromatic heterocycles. The summed E-state index contributed by atoms with van der Waals surface area (Å²) in [6, 6.07) is 10.0. The fraction of sp³-hybridized carbons (Fsp3) is 0.0625. The highest BCUT2D eigenvalue weighted by atomic mass is 19.1. The summed E-state index contributed by atoms with van der Waals surface area (Å²) in [5, 5.41) is 5.00. The molecule has 0 aliphatic rings. The molecule has 0 saturated carbocycles. The smallest absolute Gasteiger partial charge is 0.323 e. The zero-order valence-electron chi connectivity index (χ0n) is 12.4. The summed E-state index contributed by atoms with van der Waals surface area (Å²) >= 11 is 0. The number of carbonyl (C=O) groups is 2. The van der Waals surface area contributed by atoms with Gasteiger partial charge in [-0.05, 0) is 36.4 Å². The quantitative estimate of drug-likeness (QED) is 0.581. The molecule has 0 atom stereocenters. The minimum atomic E-state index is -0.546. The first-order chi connectivity index (χ1) is 11.5. The van der Waals surface area contributed by atoms with Crippen molar-refractivity contribution in [3.05, 3.63) is 64.3 Å². The average Bonchev–Trinajstić information content (AvgIpc) is 2.92. The Balaban J connectivity index is 1.60. The van der Waals surface area contributed by atoms with Crippen molar-refractivity contribution in [2.75, 3.05) is 11.9 Å². The van der Waals surface area contributed by atoms with Crippen molar-refractivity contribution >= 4 is 28.5 Å². The molecule has 0 spiro atoms. The third kappa shape index (κ3) is 3.49. The van der Waals surface area contributed by atoms with Gasteiger partial charge in [-0.15, -0.1) is 0 Å². The van der Waals surface area contributed by atoms with Crippen molar-refractivity contribution in [3.63, 3.8) is 0 Å². The summed E-state index contributed by atoms with van der Waals surface area (Å²) in [5.41, 5.74) is 1.45. The van der Waals surface area contributed by atoms with Crippen LogP contribution in [0.4, 0.5) is 10.1 Å². The van der Waals surface area contributed by atoms with Gasteiger partial charge in [0.05, 0.1) is 17.6 Å². The number of carbonyl (C=O) groups excluding carboxylic acids is 2. The minimum Gasteiger partial charge on any atom is -0.343 e. The number of nitrogens with one attached hydrogen (secondary N) is 4. The first-order valence-corrected chi connectivity index (χ1v) is 7.07. The van der Waals surface area contributed by atoms with Crippen molar-refractivity contribution < 1.29 is 14.0 Å². The molecule has 0 fully saturated rings. The van der Waals surface area contributed by atoms with Gasteiger partial charge in [-0.2, -0.15) is 0 Å². The van der Waals surface area contributed by atoms with E-state index in [0.717, 1.165) is 6.07 Å². The molecule has 4 N–H and O–H groups in total. The number of imidazole rings is 1. The van der Waals surface area contributed by atoms with Gasteiger partial charge in [0.1, 0.15) is 5.82 Å². The number of amides is 2. The van der Waals surface area contributed by atoms with E-state index in [4.69, 9.17) is 0 Å². The van der Waals surface area contributed by atoms with E-state index in [2.05, 4.69) is 20.6 Å². The van der Waals surface area contributed by atoms with Crippen molar-refractivity contribution in [1.29, 1.82) is 0 Å². The molecule has 0 unspecified atom stereocenters. The molecule has 0 bridgehead atoms. The zero-order valence-corrected chi connectivity index (χ0v) is 12.4. The standard InChI is InChI=1S/C16H13FN4O3/c17-10-3-1-2-9(6-10)15(23)18-8-14(22)19-11-4-5-12-13(7-11)21-16(24)20-12/h1-7H,8H2,(H,18,23)(H,19,22)(H2,20,21,24). The van der Waals surface area contributed by atoms with Gasteiger partial charge in [-0.1, -0.05) is 6.07 Å². The molecule has 0 saturated heterocycles. The van der Waals surface area contributed by atoms with Gasteiger partial charge >= 0.3 is 5.69 Å². The third-order valence-electron chi connectivity index (χ3n) is 3.30. The summed E-state index contributed by atoms with van der Waals surface area (Å²) < 4.78 is 13.1. The van der Waals surface area contributed by atoms with Gasteiger partial charge < -0.3 is 20.6 Å². The van der Waals surface area contributed by atoms with Crippen LogP contribution in [-0.4, -0.2) is 28.3 Å². The summed E-state index contributed by atoms with van der Waals surface area (Å²) in [5.74, 6) is -1.52. The fourth-order valence-electron chi connectivity index (χ4n) is 2.21. The maximum absolute atomic E-state index is 13.1. The Bertz CT molecular complexity index is 977. The largest absolute Gasteiger partial charge is 0.343 e. The molecule has 3 aromatic rings. The van der Waals surface area contributed by atoms with Crippen LogP contribution >= 0.6 is 0 Å². The predicted molar refractivity (Wildman–Crippen MR) is 86.3 cm³/mol. The molecule has 3 rings (SSSR count). The van der Waals surface area contributed by atoms with Gasteiger partial charge in [0.15, 0.2) is 0 Å². The van der Waals surface area contributed by atoms with E-state index >= 15 is 0 Å². The average molecular weight is 328 g/mol. The Kier molecular flexibility index (Phi) is 4.11. The highest BCUT2D eigenvalue weighted by Crippen LogP contribution is 2.14. The lowest BCUT2D eigenvalue weighted by atomic mass is 10.2. The van der Waals surface area contributed by atoms with Crippen LogP contribution in [0.1, 0.15) is 10.4 Å². The van der Waals surface area contributed by atoms with Crippen molar-refractivity contribution in [1.82, 2.24) is 15.3 Å². The first-order valence-electron chi connectivity index (χ1n) is 7.07. The zero-order chi connectivity index (χ0) is 17.1. The Morgan fingerprint density at radius 2 is 1.83 bits per heavy atom. The molecule has 7 nitrogen and oxygen atoms in total. The highest BCUT2D eigenvalue weighted by molar-refractivity contribution is 5.99. The number of aromatic amines is 2. The Hall–Kier alpha value is -3.42. The molecular formula is C16H13FN4O3. The molecule has 122 valence electrons. The lowest BCUT2D eigenvalue weighted by Gasteiger charge is -2.07. The maximum Gasteiger partial charge on any atom is 0.323 e. The van der Waals surface area contributed by atoms with Gasteiger partial charge in [0.25, 0.3) is 5.91 Å². The van der Waals surface area contributed by atoms with Crippen molar-refractivity contribution in [3.8, 4) is 0 Å². The van der Waals surface area contributed by atoms with E-state index in [1.165, 1.54) is 18.2 Å². The Morgan fingerprint density at radius 1 is 1.04 bits per heavy atom. The second-order valence-electron chi connectivity index (χ2n) is 5.08. The molecule has 0 radical (unpaired) electrons. The molecule has 2 aromatic carbocycles. The normalized spacial score (nSPS) is 10.5. The number of hydrogen-bond acceptors (Lipinski definition) is 3. The number of fused-ring (bicyclic) bond motifs is 1. The first kappa shape index (κ1) is 15.5. The van der Waals surface area contributed by atoms with Gasteiger partial charge in [-0.3, -0.25) is 9.59 Å². The minimum absolute atomic E-state index is 0.133. The van der Waals surface area contributed by atoms with Crippen LogP contribution < -0.4 is 16.3 Å². The van der Waals surface area contributed by atoms with Crippen LogP contribution in [-0.2, 0) is 4.79 Å². The Labute approximate surface area is 134 Å². The SMILES string of the molecule is O=C(CNC(=O)c1cccc(F)c1)Nc1ccc2[nH]c(=O)[nH]c2c1. The van der Waals surface area contributed by atoms with Crippen LogP contribution in [0.5, 0.6) is 0 Å². The monoisotopic (exact) mass is 328 g/mol. The number of H-pyrrole nitrogens is 2. The fourth-order valence-corrected chi connectivity index (χ4v) is 2.21. The number of hydrogen-bond donors (Lipinski definition) is 4. The van der Waals surface area contributed by atoms with Gasteiger partial charge in [0.2, 0.25) is 5.91 Å². The van der Waals surface area contributed by atoms with Crippen LogP contribution in [0.3, 0.4) is 0 Å². The van der Waals surface area contributed by atoms with Crippen molar-refractivity contribution in [2.45, 2.75) is 0 Å². The molecule has 1 heterocycles. The second kappa shape index (κ2) is 6.37. The van der Waals surface area contributed by atoms with E-state index < -0.39 is 17.6 Å². The summed E-state index contributed by atoms with van der Waals surface area (Å²) in [7, 11) is 0. The number of aromatic nitrogens is 2. The lowest BCUT2D eigenvalue weighted by Crippen LogP contribution is -2.32. The lowest BCUT2D eigenvalue weighted by molar-refractivity contribution is -0.115. The maximum atomic E-state index is 13.1. The van der Waals surface area contributed by atoms with E-state index in [1.807, 2.05) is 0 Å². The number of rotatable bonds is 4. The molecular weight excluding hydrogens is 315 g/mol. The highest BCUT2D eigenvalue weighted by Gasteiger charge is 2.09. The van der Waals surface area contributed by atoms with E-state index in [1.54, 1.807) is 18.2 Å². The third-order valence-corrected chi connectivity index (χ3v) is 3.30. The summed E-state index contributed by atoms with van der Waals surface area (Å²) in [6.45, 7) is -0.267. The number of halogens is 1. The molecule has 8 heteroatoms. The molecule has 0 aliphatic heterocycles. The van der Waals surface area contributed by atoms with Crippen LogP contribution in [0.25, 0.3) is 11.0 Å². The van der Waals surface area contributed by atoms with Crippen LogP contribution in [0.2, 0.25) is 0 Å². The predicted octanol–water partition coefficient (Wildman–Crippen LogP) is 1.36. The van der Waals surface area contributed by atoms with Gasteiger partial charge in [-0.25, -0.2) is 9.18 Å². The molecule has 0 aliphatic carbocycles. The van der Waals surface area contributed by atoms with Gasteiger partial charge in [0, 0.05) is 11.3 Å². The van der Waals surface area contributed by atoms with Crippen LogP contribution in [0, 0.1) is 5.82 Å². The van der Waals surface area contributed by atoms with E-state index in [9.17, 15) is 18.8 Å². The summed E-state index contributed by atoms with van der Waals surface area (Å²) in [6.07, 6.45) is 0. The molecule has 24 heavy (non-hydrogen) atoms. The number of anilines is 1. The number of benzene rings is 2. The van der Waals surface area contributed by atoms with E-state index in [-0.39, 0.29) is 17.8 Å². The second-order valence-corrected chi connectivity index (χ2v) is 5.08. The van der Waals surface area contributed by atoms with E-state index in [0.29, 0.717) is 16.7 Å². The Morgan fingerprint density at radius 3 is 2.62 bits per heavy atom. The topological polar surface area (TPSA) is 107 Å². The summed E-state index contributed by atoms with van der Waals surface area (Å²) in [4.78, 5) is 40.1. The van der Waals surface area contributed by atoms with Crippen molar-refractivity contribution in [2.24, 2.45) is 0 Å².